The summed E-state index contributed by atoms with van der Waals surface area (Å²) in [5.41, 5.74) is 0.678. The summed E-state index contributed by atoms with van der Waals surface area (Å²) in [6.45, 7) is 1.96. The van der Waals surface area contributed by atoms with E-state index in [1.165, 1.54) is 11.3 Å². The highest BCUT2D eigenvalue weighted by atomic mass is 32.1. The smallest absolute Gasteiger partial charge is 0.311 e. The number of thiazole rings is 1. The number of hydrogen-bond donors (Lipinski definition) is 2. The molecule has 7 nitrogen and oxygen atoms in total. The maximum Gasteiger partial charge on any atom is 0.311 e. The Balaban J connectivity index is 1.73. The number of carbonyl (C=O) groups is 2. The SMILES string of the molecule is Cc1nc(-c2cnn(C)c2)sc1C(=O)NCC1(C(=O)O)CCCCC1. The molecule has 2 aromatic heterocycles. The van der Waals surface area contributed by atoms with Crippen molar-refractivity contribution in [3.63, 3.8) is 0 Å². The highest BCUT2D eigenvalue weighted by Gasteiger charge is 2.40. The molecule has 2 heterocycles. The van der Waals surface area contributed by atoms with Crippen molar-refractivity contribution in [1.29, 1.82) is 0 Å². The molecule has 2 N–H and O–H groups in total. The lowest BCUT2D eigenvalue weighted by Crippen LogP contribution is -2.44. The molecule has 2 aromatic rings. The van der Waals surface area contributed by atoms with Gasteiger partial charge in [-0.15, -0.1) is 11.3 Å². The lowest BCUT2D eigenvalue weighted by molar-refractivity contribution is -0.150. The zero-order valence-electron chi connectivity index (χ0n) is 14.4. The second kappa shape index (κ2) is 6.95. The molecule has 0 bridgehead atoms. The van der Waals surface area contributed by atoms with Gasteiger partial charge >= 0.3 is 5.97 Å². The molecular formula is C17H22N4O3S. The van der Waals surface area contributed by atoms with E-state index in [2.05, 4.69) is 15.4 Å². The lowest BCUT2D eigenvalue weighted by Gasteiger charge is -2.33. The highest BCUT2D eigenvalue weighted by Crippen LogP contribution is 2.36. The number of carbonyl (C=O) groups excluding carboxylic acids is 1. The van der Waals surface area contributed by atoms with Crippen LogP contribution >= 0.6 is 11.3 Å². The third kappa shape index (κ3) is 3.58. The first kappa shape index (κ1) is 17.6. The number of rotatable bonds is 5. The average molecular weight is 362 g/mol. The Labute approximate surface area is 150 Å². The minimum Gasteiger partial charge on any atom is -0.481 e. The second-order valence-corrected chi connectivity index (χ2v) is 7.66. The van der Waals surface area contributed by atoms with Gasteiger partial charge in [-0.1, -0.05) is 19.3 Å². The van der Waals surface area contributed by atoms with Crippen LogP contribution in [-0.2, 0) is 11.8 Å². The lowest BCUT2D eigenvalue weighted by atomic mass is 9.74. The van der Waals surface area contributed by atoms with Crippen LogP contribution in [0.15, 0.2) is 12.4 Å². The van der Waals surface area contributed by atoms with Gasteiger partial charge in [-0.3, -0.25) is 14.3 Å². The van der Waals surface area contributed by atoms with Gasteiger partial charge in [0.05, 0.1) is 17.3 Å². The standard InChI is InChI=1S/C17H22N4O3S/c1-11-13(25-15(20-11)12-8-19-21(2)9-12)14(22)18-10-17(16(23)24)6-4-3-5-7-17/h8-9H,3-7,10H2,1-2H3,(H,18,22)(H,23,24). The number of carboxylic acids is 1. The summed E-state index contributed by atoms with van der Waals surface area (Å²) in [6.07, 6.45) is 7.64. The Kier molecular flexibility index (Phi) is 4.89. The zero-order chi connectivity index (χ0) is 18.0. The van der Waals surface area contributed by atoms with Gasteiger partial charge in [0.15, 0.2) is 0 Å². The van der Waals surface area contributed by atoms with Gasteiger partial charge < -0.3 is 10.4 Å². The normalized spacial score (nSPS) is 16.6. The van der Waals surface area contributed by atoms with Gasteiger partial charge in [-0.05, 0) is 19.8 Å². The van der Waals surface area contributed by atoms with Crippen LogP contribution in [0.25, 0.3) is 10.6 Å². The number of nitrogens with zero attached hydrogens (tertiary/aromatic N) is 3. The topological polar surface area (TPSA) is 97.1 Å². The van der Waals surface area contributed by atoms with Crippen molar-refractivity contribution in [1.82, 2.24) is 20.1 Å². The quantitative estimate of drug-likeness (QED) is 0.852. The first-order chi connectivity index (χ1) is 11.9. The molecule has 0 saturated heterocycles. The molecule has 1 amide bonds. The molecule has 1 saturated carbocycles. The van der Waals surface area contributed by atoms with E-state index in [9.17, 15) is 14.7 Å². The summed E-state index contributed by atoms with van der Waals surface area (Å²) in [5.74, 6) is -1.07. The van der Waals surface area contributed by atoms with Crippen molar-refractivity contribution in [2.24, 2.45) is 12.5 Å². The Bertz CT molecular complexity index is 790. The number of hydrogen-bond acceptors (Lipinski definition) is 5. The van der Waals surface area contributed by atoms with Crippen LogP contribution in [0.4, 0.5) is 0 Å². The Morgan fingerprint density at radius 1 is 1.36 bits per heavy atom. The first-order valence-electron chi connectivity index (χ1n) is 8.39. The van der Waals surface area contributed by atoms with E-state index in [-0.39, 0.29) is 12.5 Å². The molecule has 8 heteroatoms. The minimum absolute atomic E-state index is 0.167. The molecule has 0 radical (unpaired) electrons. The van der Waals surface area contributed by atoms with Crippen LogP contribution in [-0.4, -0.2) is 38.3 Å². The van der Waals surface area contributed by atoms with Gasteiger partial charge in [-0.2, -0.15) is 5.10 Å². The molecular weight excluding hydrogens is 340 g/mol. The maximum atomic E-state index is 12.6. The van der Waals surface area contributed by atoms with Gasteiger partial charge in [0.25, 0.3) is 5.91 Å². The van der Waals surface area contributed by atoms with Crippen LogP contribution in [0, 0.1) is 12.3 Å². The average Bonchev–Trinajstić information content (AvgIpc) is 3.19. The minimum atomic E-state index is -0.835. The number of amides is 1. The molecule has 0 unspecified atom stereocenters. The van der Waals surface area contributed by atoms with Gasteiger partial charge in [0.2, 0.25) is 0 Å². The van der Waals surface area contributed by atoms with Crippen LogP contribution < -0.4 is 5.32 Å². The number of nitrogens with one attached hydrogen (secondary N) is 1. The van der Waals surface area contributed by atoms with Crippen molar-refractivity contribution >= 4 is 23.2 Å². The largest absolute Gasteiger partial charge is 0.481 e. The molecule has 0 aliphatic heterocycles. The first-order valence-corrected chi connectivity index (χ1v) is 9.21. The number of aromatic nitrogens is 3. The van der Waals surface area contributed by atoms with Crippen LogP contribution in [0.5, 0.6) is 0 Å². The summed E-state index contributed by atoms with van der Waals surface area (Å²) >= 11 is 1.30. The van der Waals surface area contributed by atoms with Gasteiger partial charge in [0, 0.05) is 25.4 Å². The molecule has 1 fully saturated rings. The van der Waals surface area contributed by atoms with Crippen LogP contribution in [0.3, 0.4) is 0 Å². The molecule has 1 aliphatic rings. The summed E-state index contributed by atoms with van der Waals surface area (Å²) in [6, 6.07) is 0. The van der Waals surface area contributed by atoms with Crippen LogP contribution in [0.1, 0.15) is 47.5 Å². The summed E-state index contributed by atoms with van der Waals surface area (Å²) in [4.78, 5) is 29.3. The monoisotopic (exact) mass is 362 g/mol. The van der Waals surface area contributed by atoms with Crippen molar-refractivity contribution in [2.45, 2.75) is 39.0 Å². The van der Waals surface area contributed by atoms with E-state index in [1.807, 2.05) is 13.2 Å². The van der Waals surface area contributed by atoms with Gasteiger partial charge in [-0.25, -0.2) is 4.98 Å². The molecule has 25 heavy (non-hydrogen) atoms. The number of carboxylic acid groups (broad SMARTS) is 1. The Morgan fingerprint density at radius 2 is 2.08 bits per heavy atom. The molecule has 3 rings (SSSR count). The molecule has 0 spiro atoms. The Morgan fingerprint density at radius 3 is 2.68 bits per heavy atom. The predicted molar refractivity (Wildman–Crippen MR) is 94.5 cm³/mol. The third-order valence-corrected chi connectivity index (χ3v) is 6.01. The summed E-state index contributed by atoms with van der Waals surface area (Å²) in [5, 5.41) is 17.3. The molecule has 0 atom stereocenters. The number of aliphatic carboxylic acids is 1. The third-order valence-electron chi connectivity index (χ3n) is 4.81. The van der Waals surface area contributed by atoms with E-state index in [0.29, 0.717) is 23.4 Å². The van der Waals surface area contributed by atoms with E-state index in [4.69, 9.17) is 0 Å². The van der Waals surface area contributed by atoms with Crippen molar-refractivity contribution < 1.29 is 14.7 Å². The Hall–Kier alpha value is -2.22. The van der Waals surface area contributed by atoms with Gasteiger partial charge in [0.1, 0.15) is 9.88 Å². The van der Waals surface area contributed by atoms with E-state index >= 15 is 0 Å². The zero-order valence-corrected chi connectivity index (χ0v) is 15.2. The maximum absolute atomic E-state index is 12.6. The fourth-order valence-electron chi connectivity index (χ4n) is 3.29. The van der Waals surface area contributed by atoms with E-state index < -0.39 is 11.4 Å². The highest BCUT2D eigenvalue weighted by molar-refractivity contribution is 7.17. The van der Waals surface area contributed by atoms with Crippen molar-refractivity contribution in [3.8, 4) is 10.6 Å². The summed E-state index contributed by atoms with van der Waals surface area (Å²) < 4.78 is 1.69. The molecule has 1 aliphatic carbocycles. The second-order valence-electron chi connectivity index (χ2n) is 6.67. The van der Waals surface area contributed by atoms with Crippen LogP contribution in [0.2, 0.25) is 0 Å². The predicted octanol–water partition coefficient (Wildman–Crippen LogP) is 2.62. The fraction of sp³-hybridized carbons (Fsp3) is 0.529. The molecule has 0 aromatic carbocycles. The fourth-order valence-corrected chi connectivity index (χ4v) is 4.24. The summed E-state index contributed by atoms with van der Waals surface area (Å²) in [7, 11) is 1.83. The van der Waals surface area contributed by atoms with E-state index in [0.717, 1.165) is 29.8 Å². The van der Waals surface area contributed by atoms with Crippen molar-refractivity contribution in [2.75, 3.05) is 6.54 Å². The molecule has 134 valence electrons. The van der Waals surface area contributed by atoms with Crippen molar-refractivity contribution in [3.05, 3.63) is 23.0 Å². The van der Waals surface area contributed by atoms with E-state index in [1.54, 1.807) is 17.8 Å². The number of aryl methyl sites for hydroxylation is 2.